The van der Waals surface area contributed by atoms with Crippen molar-refractivity contribution in [2.45, 2.75) is 44.6 Å². The first kappa shape index (κ1) is 26.3. The lowest BCUT2D eigenvalue weighted by Gasteiger charge is -2.38. The van der Waals surface area contributed by atoms with Crippen LogP contribution in [0.2, 0.25) is 0 Å². The van der Waals surface area contributed by atoms with Gasteiger partial charge in [0, 0.05) is 47.7 Å². The zero-order valence-corrected chi connectivity index (χ0v) is 23.8. The van der Waals surface area contributed by atoms with Crippen molar-refractivity contribution in [3.8, 4) is 28.3 Å². The Morgan fingerprint density at radius 2 is 1.71 bits per heavy atom. The predicted molar refractivity (Wildman–Crippen MR) is 167 cm³/mol. The van der Waals surface area contributed by atoms with Crippen LogP contribution in [-0.4, -0.2) is 38.4 Å². The van der Waals surface area contributed by atoms with Gasteiger partial charge in [-0.05, 0) is 93.1 Å². The van der Waals surface area contributed by atoms with Crippen LogP contribution >= 0.6 is 0 Å². The Bertz CT molecular complexity index is 1780. The van der Waals surface area contributed by atoms with Gasteiger partial charge in [-0.15, -0.1) is 0 Å². The standard InChI is InChI=1S/C34H35N7O/c1-22(42)23-14-19-40(20-15-23)27-6-2-5-24(21-27)29-12-13-30-33(38-29)41(32(39-30)28-7-3-18-37-31(28)35)26-10-8-25(9-11-26)34(36)16-4-17-34/h2-3,5-13,18,21,23H,4,14-17,19-20,36H2,1H3,(H2,35,37). The molecule has 2 aliphatic rings. The lowest BCUT2D eigenvalue weighted by molar-refractivity contribution is -0.121. The number of hydrogen-bond donors (Lipinski definition) is 2. The number of anilines is 2. The van der Waals surface area contributed by atoms with E-state index in [9.17, 15) is 4.79 Å². The minimum Gasteiger partial charge on any atom is -0.383 e. The number of pyridine rings is 2. The number of nitrogen functional groups attached to an aromatic ring is 1. The van der Waals surface area contributed by atoms with Crippen LogP contribution in [0.1, 0.15) is 44.6 Å². The quantitative estimate of drug-likeness (QED) is 0.268. The van der Waals surface area contributed by atoms with Gasteiger partial charge < -0.3 is 16.4 Å². The van der Waals surface area contributed by atoms with E-state index in [2.05, 4.69) is 63.0 Å². The molecule has 3 aromatic heterocycles. The highest BCUT2D eigenvalue weighted by atomic mass is 16.1. The number of hydrogen-bond acceptors (Lipinski definition) is 7. The van der Waals surface area contributed by atoms with Crippen molar-refractivity contribution in [2.75, 3.05) is 23.7 Å². The molecule has 42 heavy (non-hydrogen) atoms. The highest BCUT2D eigenvalue weighted by Crippen LogP contribution is 2.39. The molecule has 0 unspecified atom stereocenters. The first-order chi connectivity index (χ1) is 20.4. The van der Waals surface area contributed by atoms with Crippen LogP contribution < -0.4 is 16.4 Å². The van der Waals surface area contributed by atoms with Crippen molar-refractivity contribution >= 4 is 28.5 Å². The van der Waals surface area contributed by atoms with Crippen molar-refractivity contribution < 1.29 is 4.79 Å². The number of piperidine rings is 1. The summed E-state index contributed by atoms with van der Waals surface area (Å²) in [6.07, 6.45) is 6.67. The summed E-state index contributed by atoms with van der Waals surface area (Å²) < 4.78 is 2.07. The normalized spacial score (nSPS) is 16.9. The minimum atomic E-state index is -0.232. The third-order valence-corrected chi connectivity index (χ3v) is 9.11. The van der Waals surface area contributed by atoms with Crippen LogP contribution in [0.3, 0.4) is 0 Å². The number of carbonyl (C=O) groups is 1. The summed E-state index contributed by atoms with van der Waals surface area (Å²) in [6, 6.07) is 24.8. The summed E-state index contributed by atoms with van der Waals surface area (Å²) in [6.45, 7) is 3.46. The molecule has 4 N–H and O–H groups in total. The highest BCUT2D eigenvalue weighted by Gasteiger charge is 2.34. The Kier molecular flexibility index (Phi) is 6.50. The van der Waals surface area contributed by atoms with Crippen LogP contribution in [0.5, 0.6) is 0 Å². The summed E-state index contributed by atoms with van der Waals surface area (Å²) in [5, 5.41) is 0. The molecule has 0 radical (unpaired) electrons. The summed E-state index contributed by atoms with van der Waals surface area (Å²) >= 11 is 0. The van der Waals surface area contributed by atoms with Gasteiger partial charge in [-0.2, -0.15) is 0 Å². The van der Waals surface area contributed by atoms with Gasteiger partial charge in [0.05, 0.1) is 11.3 Å². The number of nitrogens with zero attached hydrogens (tertiary/aromatic N) is 5. The smallest absolute Gasteiger partial charge is 0.165 e. The Morgan fingerprint density at radius 1 is 0.929 bits per heavy atom. The molecule has 1 saturated heterocycles. The van der Waals surface area contributed by atoms with Crippen molar-refractivity contribution in [1.82, 2.24) is 19.5 Å². The molecule has 0 amide bonds. The number of carbonyl (C=O) groups excluding carboxylic acids is 1. The van der Waals surface area contributed by atoms with Gasteiger partial charge in [0.2, 0.25) is 0 Å². The third-order valence-electron chi connectivity index (χ3n) is 9.11. The van der Waals surface area contributed by atoms with Crippen LogP contribution in [0.25, 0.3) is 39.5 Å². The SMILES string of the molecule is CC(=O)C1CCN(c2cccc(-c3ccc4nc(-c5cccnc5N)n(-c5ccc(C6(N)CCC6)cc5)c4n3)c2)CC1. The summed E-state index contributed by atoms with van der Waals surface area (Å²) in [4.78, 5) is 28.7. The van der Waals surface area contributed by atoms with Gasteiger partial charge in [-0.25, -0.2) is 15.0 Å². The molecule has 1 saturated carbocycles. The molecular formula is C34H35N7O. The monoisotopic (exact) mass is 557 g/mol. The van der Waals surface area contributed by atoms with Crippen LogP contribution in [0.15, 0.2) is 79.0 Å². The zero-order valence-electron chi connectivity index (χ0n) is 23.8. The van der Waals surface area contributed by atoms with E-state index in [1.54, 1.807) is 13.1 Å². The van der Waals surface area contributed by atoms with Crippen LogP contribution in [0.4, 0.5) is 11.5 Å². The van der Waals surface area contributed by atoms with E-state index in [0.29, 0.717) is 17.4 Å². The molecule has 0 bridgehead atoms. The highest BCUT2D eigenvalue weighted by molar-refractivity contribution is 5.85. The predicted octanol–water partition coefficient (Wildman–Crippen LogP) is 5.88. The van der Waals surface area contributed by atoms with Crippen LogP contribution in [0, 0.1) is 5.92 Å². The van der Waals surface area contributed by atoms with Gasteiger partial charge in [-0.3, -0.25) is 9.36 Å². The maximum Gasteiger partial charge on any atom is 0.165 e. The molecule has 212 valence electrons. The molecule has 4 heterocycles. The number of Topliss-reactive ketones (excluding diaryl/α,β-unsaturated/α-hetero) is 1. The van der Waals surface area contributed by atoms with Gasteiger partial charge in [-0.1, -0.05) is 24.3 Å². The van der Waals surface area contributed by atoms with E-state index < -0.39 is 0 Å². The summed E-state index contributed by atoms with van der Waals surface area (Å²) in [5.74, 6) is 1.59. The lowest BCUT2D eigenvalue weighted by atomic mass is 9.73. The molecule has 7 rings (SSSR count). The fourth-order valence-electron chi connectivity index (χ4n) is 6.34. The number of aromatic nitrogens is 4. The fraction of sp³-hybridized carbons (Fsp3) is 0.294. The third kappa shape index (κ3) is 4.61. The van der Waals surface area contributed by atoms with Gasteiger partial charge in [0.25, 0.3) is 0 Å². The van der Waals surface area contributed by atoms with E-state index in [4.69, 9.17) is 21.4 Å². The maximum absolute atomic E-state index is 11.9. The number of benzene rings is 2. The van der Waals surface area contributed by atoms with E-state index in [-0.39, 0.29) is 11.5 Å². The molecule has 8 heteroatoms. The Balaban J connectivity index is 1.30. The van der Waals surface area contributed by atoms with E-state index >= 15 is 0 Å². The lowest BCUT2D eigenvalue weighted by Crippen LogP contribution is -2.43. The van der Waals surface area contributed by atoms with Crippen LogP contribution in [-0.2, 0) is 10.3 Å². The number of fused-ring (bicyclic) bond motifs is 1. The molecule has 5 aromatic rings. The van der Waals surface area contributed by atoms with Crippen molar-refractivity contribution in [3.63, 3.8) is 0 Å². The first-order valence-electron chi connectivity index (χ1n) is 14.8. The largest absolute Gasteiger partial charge is 0.383 e. The number of ketones is 1. The molecular weight excluding hydrogens is 522 g/mol. The Hall–Kier alpha value is -4.56. The molecule has 1 aliphatic heterocycles. The number of nitrogens with two attached hydrogens (primary N) is 2. The number of rotatable bonds is 6. The molecule has 0 atom stereocenters. The zero-order chi connectivity index (χ0) is 28.8. The molecule has 0 spiro atoms. The average molecular weight is 558 g/mol. The molecule has 1 aliphatic carbocycles. The summed E-state index contributed by atoms with van der Waals surface area (Å²) in [5.41, 5.74) is 20.1. The van der Waals surface area contributed by atoms with Crippen molar-refractivity contribution in [2.24, 2.45) is 11.7 Å². The van der Waals surface area contributed by atoms with Gasteiger partial charge >= 0.3 is 0 Å². The second-order valence-electron chi connectivity index (χ2n) is 11.7. The van der Waals surface area contributed by atoms with Crippen molar-refractivity contribution in [1.29, 1.82) is 0 Å². The number of imidazole rings is 1. The van der Waals surface area contributed by atoms with E-state index in [1.165, 1.54) is 6.42 Å². The molecule has 8 nitrogen and oxygen atoms in total. The van der Waals surface area contributed by atoms with Crippen molar-refractivity contribution in [3.05, 3.63) is 84.6 Å². The van der Waals surface area contributed by atoms with Gasteiger partial charge in [0.1, 0.15) is 17.1 Å². The second-order valence-corrected chi connectivity index (χ2v) is 11.7. The Labute approximate surface area is 245 Å². The summed E-state index contributed by atoms with van der Waals surface area (Å²) in [7, 11) is 0. The maximum atomic E-state index is 11.9. The second kappa shape index (κ2) is 10.4. The van der Waals surface area contributed by atoms with E-state index in [1.807, 2.05) is 24.3 Å². The topological polar surface area (TPSA) is 116 Å². The fourth-order valence-corrected chi connectivity index (χ4v) is 6.34. The average Bonchev–Trinajstić information content (AvgIpc) is 3.39. The minimum absolute atomic E-state index is 0.176. The van der Waals surface area contributed by atoms with E-state index in [0.717, 1.165) is 83.7 Å². The Morgan fingerprint density at radius 3 is 2.40 bits per heavy atom. The molecule has 2 aromatic carbocycles. The van der Waals surface area contributed by atoms with Gasteiger partial charge in [0.15, 0.2) is 11.5 Å². The first-order valence-corrected chi connectivity index (χ1v) is 14.8. The molecule has 2 fully saturated rings.